The first kappa shape index (κ1) is 4.92. The smallest absolute Gasteiger partial charge is 0.131 e. The molecule has 1 aliphatic heterocycles. The number of allylic oxidation sites excluding steroid dienone is 1. The normalized spacial score (nSPS) is 17.6. The number of hydrogen-bond acceptors (Lipinski definition) is 5. The lowest BCUT2D eigenvalue weighted by molar-refractivity contribution is 0.265. The van der Waals surface area contributed by atoms with Crippen LogP contribution in [0.5, 0.6) is 0 Å². The van der Waals surface area contributed by atoms with Gasteiger partial charge in [-0.2, -0.15) is 5.10 Å². The number of nitrogens with one attached hydrogen (secondary N) is 1. The second-order valence-electron chi connectivity index (χ2n) is 1.30. The second kappa shape index (κ2) is 1.71. The molecule has 1 aliphatic rings. The number of nitrogens with zero attached hydrogens (tertiary/aromatic N) is 2. The summed E-state index contributed by atoms with van der Waals surface area (Å²) >= 11 is 0. The van der Waals surface area contributed by atoms with E-state index in [0.29, 0.717) is 5.70 Å². The summed E-state index contributed by atoms with van der Waals surface area (Å²) < 4.78 is 0. The van der Waals surface area contributed by atoms with Gasteiger partial charge in [0, 0.05) is 0 Å². The average Bonchev–Trinajstić information content (AvgIpc) is 1.64. The van der Waals surface area contributed by atoms with Crippen molar-refractivity contribution < 1.29 is 0 Å². The molecular formula is C3H6N5. The number of hydrazone groups is 1. The lowest BCUT2D eigenvalue weighted by Crippen LogP contribution is -2.39. The molecule has 43 valence electrons. The summed E-state index contributed by atoms with van der Waals surface area (Å²) in [7, 11) is 0. The molecule has 5 nitrogen and oxygen atoms in total. The van der Waals surface area contributed by atoms with E-state index in [-0.39, 0.29) is 0 Å². The van der Waals surface area contributed by atoms with Crippen molar-refractivity contribution in [3.63, 3.8) is 0 Å². The molecule has 0 amide bonds. The maximum absolute atomic E-state index is 5.22. The van der Waals surface area contributed by atoms with Crippen molar-refractivity contribution in [3.05, 3.63) is 11.9 Å². The highest BCUT2D eigenvalue weighted by Crippen LogP contribution is 1.83. The van der Waals surface area contributed by atoms with Gasteiger partial charge in [0.25, 0.3) is 0 Å². The molecule has 1 heterocycles. The second-order valence-corrected chi connectivity index (χ2v) is 1.30. The van der Waals surface area contributed by atoms with Crippen LogP contribution in [0.25, 0.3) is 0 Å². The van der Waals surface area contributed by atoms with Gasteiger partial charge in [0.2, 0.25) is 0 Å². The Hall–Kier alpha value is -1.23. The summed E-state index contributed by atoms with van der Waals surface area (Å²) in [5.41, 5.74) is 8.01. The van der Waals surface area contributed by atoms with Crippen molar-refractivity contribution >= 4 is 6.21 Å². The first-order valence-electron chi connectivity index (χ1n) is 2.01. The van der Waals surface area contributed by atoms with Crippen LogP contribution in [0.15, 0.2) is 10.8 Å². The van der Waals surface area contributed by atoms with Gasteiger partial charge in [-0.05, 0) is 0 Å². The molecule has 1 rings (SSSR count). The van der Waals surface area contributed by atoms with Gasteiger partial charge >= 0.3 is 0 Å². The largest absolute Gasteiger partial charge is 0.396 e. The highest BCUT2D eigenvalue weighted by molar-refractivity contribution is 5.76. The van der Waals surface area contributed by atoms with E-state index in [0.717, 1.165) is 5.12 Å². The summed E-state index contributed by atoms with van der Waals surface area (Å²) in [5, 5.41) is 4.59. The van der Waals surface area contributed by atoms with E-state index >= 15 is 0 Å². The Labute approximate surface area is 46.6 Å². The maximum atomic E-state index is 5.22. The zero-order valence-corrected chi connectivity index (χ0v) is 4.13. The Bertz CT molecular complexity index is 137. The standard InChI is InChI=1S/C3H6N5/c4-3-1-6-7-8(5)2-3/h1,7H,4-5H2. The van der Waals surface area contributed by atoms with E-state index in [1.165, 1.54) is 6.21 Å². The predicted molar refractivity (Wildman–Crippen MR) is 28.6 cm³/mol. The van der Waals surface area contributed by atoms with Crippen LogP contribution in [-0.4, -0.2) is 11.3 Å². The SMILES string of the molecule is NC1=[C]N(N)NN=C1. The minimum Gasteiger partial charge on any atom is -0.396 e. The molecule has 0 spiro atoms. The van der Waals surface area contributed by atoms with E-state index < -0.39 is 0 Å². The molecule has 1 radical (unpaired) electrons. The predicted octanol–water partition coefficient (Wildman–Crippen LogP) is -1.73. The molecule has 0 unspecified atom stereocenters. The van der Waals surface area contributed by atoms with Gasteiger partial charge in [-0.15, -0.1) is 0 Å². The van der Waals surface area contributed by atoms with Crippen LogP contribution in [0, 0.1) is 6.20 Å². The van der Waals surface area contributed by atoms with Gasteiger partial charge in [-0.1, -0.05) is 0 Å². The van der Waals surface area contributed by atoms with Gasteiger partial charge < -0.3 is 5.73 Å². The van der Waals surface area contributed by atoms with Crippen LogP contribution < -0.4 is 17.1 Å². The number of hydrogen-bond donors (Lipinski definition) is 3. The molecule has 0 saturated carbocycles. The third-order valence-electron chi connectivity index (χ3n) is 0.619. The first-order valence-corrected chi connectivity index (χ1v) is 2.01. The van der Waals surface area contributed by atoms with Crippen molar-refractivity contribution in [3.8, 4) is 0 Å². The van der Waals surface area contributed by atoms with Gasteiger partial charge in [0.15, 0.2) is 0 Å². The Morgan fingerprint density at radius 2 is 2.62 bits per heavy atom. The summed E-state index contributed by atoms with van der Waals surface area (Å²) in [6.07, 6.45) is 3.94. The van der Waals surface area contributed by atoms with Crippen LogP contribution in [-0.2, 0) is 0 Å². The van der Waals surface area contributed by atoms with Crippen LogP contribution >= 0.6 is 0 Å². The van der Waals surface area contributed by atoms with Crippen molar-refractivity contribution in [1.29, 1.82) is 0 Å². The highest BCUT2D eigenvalue weighted by Gasteiger charge is 1.95. The van der Waals surface area contributed by atoms with Crippen molar-refractivity contribution in [2.75, 3.05) is 0 Å². The Balaban J connectivity index is 2.63. The number of rotatable bonds is 0. The van der Waals surface area contributed by atoms with E-state index in [2.05, 4.69) is 16.8 Å². The quantitative estimate of drug-likeness (QED) is 0.325. The van der Waals surface area contributed by atoms with Crippen molar-refractivity contribution in [2.45, 2.75) is 0 Å². The first-order chi connectivity index (χ1) is 3.79. The van der Waals surface area contributed by atoms with E-state index in [1.807, 2.05) is 0 Å². The van der Waals surface area contributed by atoms with Crippen molar-refractivity contribution in [2.24, 2.45) is 16.7 Å². The van der Waals surface area contributed by atoms with Crippen LogP contribution in [0.1, 0.15) is 0 Å². The minimum absolute atomic E-state index is 0.409. The third kappa shape index (κ3) is 0.881. The zero-order valence-electron chi connectivity index (χ0n) is 4.13. The number of nitrogens with two attached hydrogens (primary N) is 2. The molecule has 0 aromatic carbocycles. The summed E-state index contributed by atoms with van der Waals surface area (Å²) in [5.74, 6) is 5.12. The molecular weight excluding hydrogens is 106 g/mol. The van der Waals surface area contributed by atoms with Gasteiger partial charge in [-0.25, -0.2) is 16.5 Å². The van der Waals surface area contributed by atoms with Crippen LogP contribution in [0.4, 0.5) is 0 Å². The maximum Gasteiger partial charge on any atom is 0.131 e. The lowest BCUT2D eigenvalue weighted by Gasteiger charge is -2.13. The van der Waals surface area contributed by atoms with Gasteiger partial charge in [0.1, 0.15) is 6.20 Å². The number of hydrazine groups is 2. The Morgan fingerprint density at radius 3 is 3.00 bits per heavy atom. The third-order valence-corrected chi connectivity index (χ3v) is 0.619. The summed E-state index contributed by atoms with van der Waals surface area (Å²) in [6.45, 7) is 0. The van der Waals surface area contributed by atoms with Gasteiger partial charge in [-0.3, -0.25) is 0 Å². The molecule has 5 N–H and O–H groups in total. The van der Waals surface area contributed by atoms with E-state index in [1.54, 1.807) is 0 Å². The highest BCUT2D eigenvalue weighted by atomic mass is 15.8. The molecule has 8 heavy (non-hydrogen) atoms. The molecule has 5 heteroatoms. The fourth-order valence-electron chi connectivity index (χ4n) is 0.354. The average molecular weight is 112 g/mol. The molecule has 0 saturated heterocycles. The topological polar surface area (TPSA) is 79.7 Å². The van der Waals surface area contributed by atoms with Crippen LogP contribution in [0.3, 0.4) is 0 Å². The summed E-state index contributed by atoms with van der Waals surface area (Å²) in [4.78, 5) is 0. The molecule has 0 fully saturated rings. The summed E-state index contributed by atoms with van der Waals surface area (Å²) in [6, 6.07) is 0. The Morgan fingerprint density at radius 1 is 1.88 bits per heavy atom. The fourth-order valence-corrected chi connectivity index (χ4v) is 0.354. The molecule has 0 aliphatic carbocycles. The lowest BCUT2D eigenvalue weighted by atomic mass is 10.5. The zero-order chi connectivity index (χ0) is 5.98. The monoisotopic (exact) mass is 112 g/mol. The van der Waals surface area contributed by atoms with Gasteiger partial charge in [0.05, 0.1) is 11.9 Å². The van der Waals surface area contributed by atoms with E-state index in [4.69, 9.17) is 11.6 Å². The van der Waals surface area contributed by atoms with Crippen LogP contribution in [0.2, 0.25) is 0 Å². The molecule has 0 aromatic rings. The Kier molecular flexibility index (Phi) is 1.05. The van der Waals surface area contributed by atoms with E-state index in [9.17, 15) is 0 Å². The fraction of sp³-hybridized carbons (Fsp3) is 0. The minimum atomic E-state index is 0.409. The molecule has 0 bridgehead atoms. The molecule has 0 aromatic heterocycles. The van der Waals surface area contributed by atoms with Crippen molar-refractivity contribution in [1.82, 2.24) is 10.7 Å². The molecule has 0 atom stereocenters.